The van der Waals surface area contributed by atoms with E-state index in [-0.39, 0.29) is 41.1 Å². The molecule has 10 rings (SSSR count). The first-order chi connectivity index (χ1) is 33.7. The van der Waals surface area contributed by atoms with E-state index < -0.39 is 0 Å². The first-order valence-corrected chi connectivity index (χ1v) is 24.8. The van der Waals surface area contributed by atoms with E-state index in [1.807, 2.05) is 12.3 Å². The van der Waals surface area contributed by atoms with Crippen LogP contribution in [0, 0.1) is 5.41 Å². The Balaban J connectivity index is 0.844. The molecule has 5 aromatic rings. The van der Waals surface area contributed by atoms with E-state index >= 15 is 0 Å². The van der Waals surface area contributed by atoms with E-state index in [1.165, 1.54) is 27.6 Å². The number of amides is 2. The first-order valence-electron chi connectivity index (χ1n) is 24.8. The Kier molecular flexibility index (Phi) is 12.8. The number of pyridine rings is 4. The number of hydrogen-bond donors (Lipinski definition) is 3. The molecule has 17 nitrogen and oxygen atoms in total. The number of carbonyl (C=O) groups excluding carboxylic acids is 2. The second-order valence-corrected chi connectivity index (χ2v) is 20.7. The molecular weight excluding hydrogens is 885 g/mol. The second-order valence-electron chi connectivity index (χ2n) is 20.7. The lowest BCUT2D eigenvalue weighted by Crippen LogP contribution is -2.58. The Bertz CT molecular complexity index is 2890. The van der Waals surface area contributed by atoms with Crippen LogP contribution in [-0.4, -0.2) is 123 Å². The number of morpholine rings is 1. The number of ether oxygens (including phenoxy) is 1. The number of anilines is 7. The van der Waals surface area contributed by atoms with Crippen LogP contribution in [0.4, 0.5) is 40.2 Å². The number of hydrogen-bond acceptors (Lipinski definition) is 13. The van der Waals surface area contributed by atoms with Crippen LogP contribution >= 0.6 is 0 Å². The van der Waals surface area contributed by atoms with Gasteiger partial charge >= 0.3 is 0 Å². The van der Waals surface area contributed by atoms with Crippen LogP contribution in [-0.2, 0) is 42.6 Å². The largest absolute Gasteiger partial charge is 0.392 e. The molecule has 0 saturated carbocycles. The molecule has 1 unspecified atom stereocenters. The van der Waals surface area contributed by atoms with Gasteiger partial charge in [-0.15, -0.1) is 0 Å². The van der Waals surface area contributed by atoms with Crippen molar-refractivity contribution < 1.29 is 19.4 Å². The molecular formula is C53H66N12O5. The van der Waals surface area contributed by atoms with Crippen LogP contribution in [0.5, 0.6) is 0 Å². The molecule has 0 spiro atoms. The van der Waals surface area contributed by atoms with Gasteiger partial charge in [-0.2, -0.15) is 0 Å². The molecule has 2 amide bonds. The summed E-state index contributed by atoms with van der Waals surface area (Å²) in [6.45, 7) is 21.3. The normalized spacial score (nSPS) is 22.5. The summed E-state index contributed by atoms with van der Waals surface area (Å²) in [4.78, 5) is 66.4. The number of nitrogens with one attached hydrogen (secondary N) is 2. The van der Waals surface area contributed by atoms with Crippen LogP contribution in [0.25, 0.3) is 11.1 Å². The lowest BCUT2D eigenvalue weighted by Gasteiger charge is -2.48. The topological polar surface area (TPSA) is 169 Å². The van der Waals surface area contributed by atoms with Gasteiger partial charge < -0.3 is 44.3 Å². The van der Waals surface area contributed by atoms with Crippen molar-refractivity contribution in [2.45, 2.75) is 97.6 Å². The molecule has 17 heteroatoms. The zero-order valence-electron chi connectivity index (χ0n) is 41.3. The maximum absolute atomic E-state index is 14.1. The number of rotatable bonds is 11. The fourth-order valence-corrected chi connectivity index (χ4v) is 11.7. The third kappa shape index (κ3) is 8.94. The second kappa shape index (κ2) is 19.0. The molecule has 4 atom stereocenters. The van der Waals surface area contributed by atoms with Crippen LogP contribution < -0.4 is 35.8 Å². The lowest BCUT2D eigenvalue weighted by molar-refractivity contribution is -0.111. The molecule has 9 heterocycles. The summed E-state index contributed by atoms with van der Waals surface area (Å²) >= 11 is 0. The highest BCUT2D eigenvalue weighted by Crippen LogP contribution is 2.41. The number of carbonyl (C=O) groups is 2. The van der Waals surface area contributed by atoms with E-state index in [1.54, 1.807) is 48.7 Å². The molecule has 3 saturated heterocycles. The number of nitrogens with zero attached hydrogens (tertiary/aromatic N) is 10. The minimum absolute atomic E-state index is 0.120. The number of aliphatic hydroxyl groups is 1. The zero-order valence-corrected chi connectivity index (χ0v) is 41.3. The lowest BCUT2D eigenvalue weighted by atomic mass is 9.90. The van der Waals surface area contributed by atoms with Crippen molar-refractivity contribution >= 4 is 52.0 Å². The molecule has 70 heavy (non-hydrogen) atoms. The Labute approximate surface area is 409 Å². The molecule has 3 N–H and O–H groups in total. The highest BCUT2D eigenvalue weighted by atomic mass is 16.5. The zero-order chi connectivity index (χ0) is 49.0. The summed E-state index contributed by atoms with van der Waals surface area (Å²) in [5.41, 5.74) is 7.54. The Morgan fingerprint density at radius 3 is 2.51 bits per heavy atom. The highest BCUT2D eigenvalue weighted by molar-refractivity contribution is 6.06. The molecule has 3 fully saturated rings. The van der Waals surface area contributed by atoms with Gasteiger partial charge in [-0.05, 0) is 93.3 Å². The SMILES string of the molecule is C=CC(=O)Nc1cc(Nc2cc(-c3ccnc(N4CCn5c(cc6c5CC(C)(C)C6)C4=O)c3CO)cn(C)c2=O)ncc1N1CCN(C2CCN(c3ccnc(N4CCOC[C@@H]4C)c3)[C@@H](C)C2)C[C@@H]1C. The van der Waals surface area contributed by atoms with E-state index in [0.717, 1.165) is 76.5 Å². The number of piperazine rings is 1. The first kappa shape index (κ1) is 47.1. The molecule has 0 aromatic carbocycles. The predicted octanol–water partition coefficient (Wildman–Crippen LogP) is 5.98. The van der Waals surface area contributed by atoms with Gasteiger partial charge in [0.25, 0.3) is 11.5 Å². The molecule has 368 valence electrons. The predicted molar refractivity (Wildman–Crippen MR) is 275 cm³/mol. The molecule has 5 aliphatic rings. The van der Waals surface area contributed by atoms with Crippen molar-refractivity contribution in [3.63, 3.8) is 0 Å². The monoisotopic (exact) mass is 951 g/mol. The molecule has 0 bridgehead atoms. The van der Waals surface area contributed by atoms with Gasteiger partial charge in [-0.25, -0.2) is 15.0 Å². The Morgan fingerprint density at radius 2 is 1.74 bits per heavy atom. The minimum atomic E-state index is -0.372. The fourth-order valence-electron chi connectivity index (χ4n) is 11.7. The smallest absolute Gasteiger partial charge is 0.276 e. The van der Waals surface area contributed by atoms with Gasteiger partial charge in [-0.1, -0.05) is 20.4 Å². The summed E-state index contributed by atoms with van der Waals surface area (Å²) in [7, 11) is 1.67. The maximum atomic E-state index is 14.1. The third-order valence-electron chi connectivity index (χ3n) is 15.2. The van der Waals surface area contributed by atoms with Crippen LogP contribution in [0.15, 0.2) is 78.6 Å². The minimum Gasteiger partial charge on any atom is -0.392 e. The van der Waals surface area contributed by atoms with E-state index in [4.69, 9.17) is 14.7 Å². The van der Waals surface area contributed by atoms with Crippen molar-refractivity contribution in [3.05, 3.63) is 107 Å². The molecule has 1 aliphatic carbocycles. The average Bonchev–Trinajstić information content (AvgIpc) is 3.85. The van der Waals surface area contributed by atoms with Gasteiger partial charge in [0.2, 0.25) is 5.91 Å². The van der Waals surface area contributed by atoms with Crippen molar-refractivity contribution in [3.8, 4) is 11.1 Å². The standard InChI is InChI=1S/C53H66N12O5/c1-8-49(67)58-42-25-47(56-28-46(42)62-16-15-60(29-34(62)3)38-11-14-61(33(2)21-38)39-9-12-54-48(24-39)63-19-20-70-32-35(63)4)57-43-22-37(30-59(7)51(43)68)40-10-13-55-50(41(40)31-66)65-18-17-64-44(52(65)69)23-36-26-53(5,6)27-45(36)64/h8-10,12-13,22-25,28,30,33-35,38,66H,1,11,14-21,26-27,29,31-32H2,2-7H3,(H2,56,57,58,67)/t33-,34-,35-,38?/m0/s1. The van der Waals surface area contributed by atoms with Crippen molar-refractivity contribution in [1.29, 1.82) is 0 Å². The van der Waals surface area contributed by atoms with Gasteiger partial charge in [0.1, 0.15) is 28.8 Å². The van der Waals surface area contributed by atoms with Gasteiger partial charge in [0, 0.05) is 124 Å². The number of aromatic nitrogens is 5. The van der Waals surface area contributed by atoms with Crippen LogP contribution in [0.1, 0.15) is 74.8 Å². The van der Waals surface area contributed by atoms with Gasteiger partial charge in [0.15, 0.2) is 0 Å². The molecule has 4 aliphatic heterocycles. The highest BCUT2D eigenvalue weighted by Gasteiger charge is 2.38. The van der Waals surface area contributed by atoms with Crippen molar-refractivity contribution in [1.82, 2.24) is 29.0 Å². The van der Waals surface area contributed by atoms with Gasteiger partial charge in [0.05, 0.1) is 43.4 Å². The van der Waals surface area contributed by atoms with Crippen LogP contribution in [0.2, 0.25) is 0 Å². The van der Waals surface area contributed by atoms with E-state index in [2.05, 4.69) is 93.1 Å². The van der Waals surface area contributed by atoms with Crippen molar-refractivity contribution in [2.75, 3.05) is 82.7 Å². The van der Waals surface area contributed by atoms with Crippen LogP contribution in [0.3, 0.4) is 0 Å². The number of aliphatic hydroxyl groups excluding tert-OH is 1. The number of piperidine rings is 1. The number of aryl methyl sites for hydroxylation is 1. The Morgan fingerprint density at radius 1 is 0.914 bits per heavy atom. The fraction of sp³-hybridized carbons (Fsp3) is 0.472. The van der Waals surface area contributed by atoms with E-state index in [0.29, 0.717) is 77.5 Å². The summed E-state index contributed by atoms with van der Waals surface area (Å²) in [6, 6.07) is 12.9. The molecule has 0 radical (unpaired) electrons. The average molecular weight is 951 g/mol. The Hall–Kier alpha value is -6.56. The molecule has 5 aromatic heterocycles. The summed E-state index contributed by atoms with van der Waals surface area (Å²) < 4.78 is 9.31. The van der Waals surface area contributed by atoms with Crippen molar-refractivity contribution in [2.24, 2.45) is 12.5 Å². The van der Waals surface area contributed by atoms with Gasteiger partial charge in [-0.3, -0.25) is 24.2 Å². The maximum Gasteiger partial charge on any atom is 0.276 e. The summed E-state index contributed by atoms with van der Waals surface area (Å²) in [5.74, 6) is 1.26. The number of fused-ring (bicyclic) bond motifs is 3. The summed E-state index contributed by atoms with van der Waals surface area (Å²) in [6.07, 6.45) is 12.3. The third-order valence-corrected chi connectivity index (χ3v) is 15.2. The van der Waals surface area contributed by atoms with E-state index in [9.17, 15) is 19.5 Å². The summed E-state index contributed by atoms with van der Waals surface area (Å²) in [5, 5.41) is 17.1. The quantitative estimate of drug-likeness (QED) is 0.133.